The highest BCUT2D eigenvalue weighted by Crippen LogP contribution is 2.32. The highest BCUT2D eigenvalue weighted by molar-refractivity contribution is 6.36. The van der Waals surface area contributed by atoms with Crippen molar-refractivity contribution in [2.24, 2.45) is 0 Å². The summed E-state index contributed by atoms with van der Waals surface area (Å²) in [6.07, 6.45) is 0. The van der Waals surface area contributed by atoms with E-state index in [1.165, 1.54) is 12.1 Å². The Hall–Kier alpha value is -0.390. The molecule has 1 unspecified atom stereocenters. The number of nitrogens with zero attached hydrogens (tertiary/aromatic N) is 1. The van der Waals surface area contributed by atoms with Crippen LogP contribution in [0, 0.1) is 5.82 Å². The van der Waals surface area contributed by atoms with Crippen LogP contribution in [0.2, 0.25) is 10.0 Å². The fourth-order valence-electron chi connectivity index (χ4n) is 1.87. The molecule has 1 atom stereocenters. The molecule has 0 radical (unpaired) electrons. The summed E-state index contributed by atoms with van der Waals surface area (Å²) in [5.74, 6) is -0.447. The molecule has 3 nitrogen and oxygen atoms in total. The molecule has 6 heteroatoms. The number of halogens is 3. The van der Waals surface area contributed by atoms with Crippen LogP contribution in [-0.2, 0) is 4.74 Å². The van der Waals surface area contributed by atoms with Gasteiger partial charge >= 0.3 is 0 Å². The van der Waals surface area contributed by atoms with Crippen molar-refractivity contribution in [1.29, 1.82) is 0 Å². The summed E-state index contributed by atoms with van der Waals surface area (Å²) in [4.78, 5) is 2.15. The van der Waals surface area contributed by atoms with Gasteiger partial charge in [0.25, 0.3) is 0 Å². The zero-order valence-corrected chi connectivity index (χ0v) is 13.6. The summed E-state index contributed by atoms with van der Waals surface area (Å²) in [6.45, 7) is 5.10. The first-order valence-electron chi connectivity index (χ1n) is 6.51. The maximum atomic E-state index is 13.5. The Kier molecular flexibility index (Phi) is 7.77. The molecule has 0 amide bonds. The smallest absolute Gasteiger partial charge is 0.142 e. The van der Waals surface area contributed by atoms with E-state index in [4.69, 9.17) is 27.9 Å². The molecule has 0 aliphatic rings. The van der Waals surface area contributed by atoms with Gasteiger partial charge in [-0.05, 0) is 26.1 Å². The second-order valence-electron chi connectivity index (χ2n) is 4.73. The van der Waals surface area contributed by atoms with Crippen molar-refractivity contribution in [1.82, 2.24) is 10.2 Å². The van der Waals surface area contributed by atoms with Crippen molar-refractivity contribution in [2.45, 2.75) is 13.0 Å². The van der Waals surface area contributed by atoms with Crippen LogP contribution in [0.3, 0.4) is 0 Å². The molecule has 0 bridgehead atoms. The lowest BCUT2D eigenvalue weighted by molar-refractivity contribution is 0.161. The van der Waals surface area contributed by atoms with E-state index in [0.717, 1.165) is 19.6 Å². The van der Waals surface area contributed by atoms with Crippen LogP contribution in [0.5, 0.6) is 0 Å². The molecule has 20 heavy (non-hydrogen) atoms. The summed E-state index contributed by atoms with van der Waals surface area (Å²) in [7, 11) is 3.70. The van der Waals surface area contributed by atoms with Crippen LogP contribution >= 0.6 is 23.2 Å². The maximum absolute atomic E-state index is 13.5. The van der Waals surface area contributed by atoms with Gasteiger partial charge in [0.05, 0.1) is 11.6 Å². The van der Waals surface area contributed by atoms with E-state index in [1.54, 1.807) is 7.11 Å². The summed E-state index contributed by atoms with van der Waals surface area (Å²) < 4.78 is 18.5. The quantitative estimate of drug-likeness (QED) is 0.743. The second-order valence-corrected chi connectivity index (χ2v) is 5.51. The van der Waals surface area contributed by atoms with E-state index >= 15 is 0 Å². The highest BCUT2D eigenvalue weighted by atomic mass is 35.5. The Bertz CT molecular complexity index is 432. The molecule has 0 fully saturated rings. The molecular weight excluding hydrogens is 302 g/mol. The van der Waals surface area contributed by atoms with Crippen LogP contribution < -0.4 is 5.32 Å². The van der Waals surface area contributed by atoms with Crippen LogP contribution in [0.25, 0.3) is 0 Å². The molecular formula is C14H21Cl2FN2O. The van der Waals surface area contributed by atoms with Crippen LogP contribution in [0.4, 0.5) is 4.39 Å². The number of likely N-dealkylation sites (N-methyl/N-ethyl adjacent to an activating group) is 1. The third kappa shape index (κ3) is 5.19. The fraction of sp³-hybridized carbons (Fsp3) is 0.571. The van der Waals surface area contributed by atoms with Crippen molar-refractivity contribution in [3.05, 3.63) is 33.6 Å². The molecule has 0 aliphatic heterocycles. The van der Waals surface area contributed by atoms with Gasteiger partial charge < -0.3 is 15.0 Å². The Balaban J connectivity index is 2.51. The van der Waals surface area contributed by atoms with Gasteiger partial charge in [-0.25, -0.2) is 4.39 Å². The first-order valence-corrected chi connectivity index (χ1v) is 7.27. The van der Waals surface area contributed by atoms with E-state index in [-0.39, 0.29) is 11.1 Å². The molecule has 0 heterocycles. The zero-order valence-electron chi connectivity index (χ0n) is 12.0. The minimum Gasteiger partial charge on any atom is -0.383 e. The fourth-order valence-corrected chi connectivity index (χ4v) is 2.57. The average molecular weight is 323 g/mol. The number of methoxy groups -OCH3 is 1. The van der Waals surface area contributed by atoms with E-state index in [1.807, 2.05) is 14.0 Å². The Labute approximate surface area is 130 Å². The Morgan fingerprint density at radius 2 is 2.05 bits per heavy atom. The summed E-state index contributed by atoms with van der Waals surface area (Å²) >= 11 is 12.1. The molecule has 0 saturated heterocycles. The van der Waals surface area contributed by atoms with Crippen molar-refractivity contribution in [2.75, 3.05) is 40.4 Å². The predicted octanol–water partition coefficient (Wildman–Crippen LogP) is 3.36. The van der Waals surface area contributed by atoms with Crippen molar-refractivity contribution in [3.63, 3.8) is 0 Å². The molecule has 0 spiro atoms. The van der Waals surface area contributed by atoms with Gasteiger partial charge in [-0.1, -0.05) is 23.2 Å². The minimum absolute atomic E-state index is 0.0882. The van der Waals surface area contributed by atoms with E-state index < -0.39 is 5.82 Å². The van der Waals surface area contributed by atoms with Crippen LogP contribution in [0.1, 0.15) is 18.5 Å². The molecule has 1 aromatic rings. The van der Waals surface area contributed by atoms with Gasteiger partial charge in [-0.2, -0.15) is 0 Å². The lowest BCUT2D eigenvalue weighted by Gasteiger charge is -2.20. The van der Waals surface area contributed by atoms with Gasteiger partial charge in [0.2, 0.25) is 0 Å². The number of rotatable bonds is 8. The molecule has 114 valence electrons. The number of ether oxygens (including phenoxy) is 1. The van der Waals surface area contributed by atoms with Gasteiger partial charge in [-0.15, -0.1) is 0 Å². The first kappa shape index (κ1) is 17.7. The lowest BCUT2D eigenvalue weighted by atomic mass is 10.1. The summed E-state index contributed by atoms with van der Waals surface area (Å²) in [5.41, 5.74) is 0.605. The minimum atomic E-state index is -0.447. The molecule has 1 N–H and O–H groups in total. The van der Waals surface area contributed by atoms with E-state index in [2.05, 4.69) is 10.2 Å². The van der Waals surface area contributed by atoms with Crippen molar-refractivity contribution < 1.29 is 9.13 Å². The Morgan fingerprint density at radius 1 is 1.35 bits per heavy atom. The maximum Gasteiger partial charge on any atom is 0.142 e. The van der Waals surface area contributed by atoms with Crippen LogP contribution in [0.15, 0.2) is 12.1 Å². The van der Waals surface area contributed by atoms with Gasteiger partial charge in [-0.3, -0.25) is 0 Å². The largest absolute Gasteiger partial charge is 0.383 e. The molecule has 1 aromatic carbocycles. The normalized spacial score (nSPS) is 12.9. The van der Waals surface area contributed by atoms with Gasteiger partial charge in [0.15, 0.2) is 0 Å². The Morgan fingerprint density at radius 3 is 2.70 bits per heavy atom. The van der Waals surface area contributed by atoms with Gasteiger partial charge in [0.1, 0.15) is 5.82 Å². The summed E-state index contributed by atoms with van der Waals surface area (Å²) in [5, 5.41) is 3.86. The topological polar surface area (TPSA) is 24.5 Å². The number of nitrogens with one attached hydrogen (secondary N) is 1. The number of hydrogen-bond donors (Lipinski definition) is 1. The lowest BCUT2D eigenvalue weighted by Crippen LogP contribution is -2.32. The standard InChI is InChI=1S/C14H21Cl2FN2O/c1-10(18-6-7-19(2)8-9-20-3)13-11(15)4-5-12(17)14(13)16/h4-5,10,18H,6-9H2,1-3H3. The molecule has 1 rings (SSSR count). The van der Waals surface area contributed by atoms with E-state index in [9.17, 15) is 4.39 Å². The van der Waals surface area contributed by atoms with Crippen molar-refractivity contribution in [3.8, 4) is 0 Å². The zero-order chi connectivity index (χ0) is 15.1. The second kappa shape index (κ2) is 8.80. The van der Waals surface area contributed by atoms with Crippen molar-refractivity contribution >= 4 is 23.2 Å². The summed E-state index contributed by atoms with van der Waals surface area (Å²) in [6, 6.07) is 2.70. The molecule has 0 saturated carbocycles. The SMILES string of the molecule is COCCN(C)CCNC(C)c1c(Cl)ccc(F)c1Cl. The highest BCUT2D eigenvalue weighted by Gasteiger charge is 2.16. The van der Waals surface area contributed by atoms with Gasteiger partial charge in [0, 0.05) is 43.4 Å². The first-order chi connectivity index (χ1) is 9.47. The third-order valence-electron chi connectivity index (χ3n) is 3.13. The van der Waals surface area contributed by atoms with E-state index in [0.29, 0.717) is 17.2 Å². The molecule has 0 aromatic heterocycles. The average Bonchev–Trinajstić information content (AvgIpc) is 2.41. The van der Waals surface area contributed by atoms with Crippen LogP contribution in [-0.4, -0.2) is 45.3 Å². The number of benzene rings is 1. The molecule has 0 aliphatic carbocycles. The third-order valence-corrected chi connectivity index (χ3v) is 3.85. The number of hydrogen-bond acceptors (Lipinski definition) is 3. The predicted molar refractivity (Wildman–Crippen MR) is 82.2 cm³/mol. The monoisotopic (exact) mass is 322 g/mol.